The number of anilines is 1. The Kier molecular flexibility index (Phi) is 2.61. The molecule has 0 saturated heterocycles. The molecule has 5 nitrogen and oxygen atoms in total. The Balaban J connectivity index is 2.21. The summed E-state index contributed by atoms with van der Waals surface area (Å²) in [6.07, 6.45) is 1.06. The van der Waals surface area contributed by atoms with Crippen LogP contribution in [-0.2, 0) is 6.54 Å². The van der Waals surface area contributed by atoms with Gasteiger partial charge in [0, 0.05) is 12.6 Å². The largest absolute Gasteiger partial charge is 0.395 e. The second kappa shape index (κ2) is 3.81. The Labute approximate surface area is 95.0 Å². The number of nitrogens with two attached hydrogens (primary N) is 1. The SMILES string of the molecule is CCn1nc(C)c(N)c1C(=O)NC1CC1C. The molecule has 1 saturated carbocycles. The van der Waals surface area contributed by atoms with Crippen molar-refractivity contribution in [2.24, 2.45) is 5.92 Å². The first-order chi connectivity index (χ1) is 7.54. The third-order valence-corrected chi connectivity index (χ3v) is 3.11. The molecule has 0 aromatic carbocycles. The summed E-state index contributed by atoms with van der Waals surface area (Å²) in [6.45, 7) is 6.54. The van der Waals surface area contributed by atoms with Crippen LogP contribution in [0.4, 0.5) is 5.69 Å². The van der Waals surface area contributed by atoms with E-state index in [1.54, 1.807) is 4.68 Å². The zero-order valence-electron chi connectivity index (χ0n) is 9.95. The first-order valence-corrected chi connectivity index (χ1v) is 5.68. The Morgan fingerprint density at radius 2 is 2.31 bits per heavy atom. The zero-order valence-corrected chi connectivity index (χ0v) is 9.95. The van der Waals surface area contributed by atoms with Crippen LogP contribution >= 0.6 is 0 Å². The van der Waals surface area contributed by atoms with Gasteiger partial charge in [-0.2, -0.15) is 5.10 Å². The predicted octanol–water partition coefficient (Wildman–Crippen LogP) is 0.932. The average Bonchev–Trinajstić information content (AvgIpc) is 2.83. The van der Waals surface area contributed by atoms with Gasteiger partial charge in [0.25, 0.3) is 5.91 Å². The van der Waals surface area contributed by atoms with E-state index < -0.39 is 0 Å². The van der Waals surface area contributed by atoms with E-state index in [-0.39, 0.29) is 5.91 Å². The van der Waals surface area contributed by atoms with Crippen molar-refractivity contribution < 1.29 is 4.79 Å². The fourth-order valence-electron chi connectivity index (χ4n) is 1.82. The monoisotopic (exact) mass is 222 g/mol. The molecule has 0 aliphatic heterocycles. The number of carbonyl (C=O) groups excluding carboxylic acids is 1. The number of hydrogen-bond donors (Lipinski definition) is 2. The lowest BCUT2D eigenvalue weighted by Gasteiger charge is -2.06. The molecule has 1 aromatic rings. The molecule has 88 valence electrons. The quantitative estimate of drug-likeness (QED) is 0.799. The highest BCUT2D eigenvalue weighted by atomic mass is 16.2. The van der Waals surface area contributed by atoms with Gasteiger partial charge < -0.3 is 11.1 Å². The lowest BCUT2D eigenvalue weighted by atomic mass is 10.3. The van der Waals surface area contributed by atoms with Gasteiger partial charge in [-0.1, -0.05) is 6.92 Å². The molecular weight excluding hydrogens is 204 g/mol. The minimum Gasteiger partial charge on any atom is -0.395 e. The summed E-state index contributed by atoms with van der Waals surface area (Å²) in [5.41, 5.74) is 7.58. The molecule has 0 spiro atoms. The lowest BCUT2D eigenvalue weighted by Crippen LogP contribution is -2.29. The van der Waals surface area contributed by atoms with Crippen molar-refractivity contribution in [1.29, 1.82) is 0 Å². The summed E-state index contributed by atoms with van der Waals surface area (Å²) in [5.74, 6) is 0.485. The van der Waals surface area contributed by atoms with Gasteiger partial charge in [0.2, 0.25) is 0 Å². The highest BCUT2D eigenvalue weighted by Gasteiger charge is 2.35. The Hall–Kier alpha value is -1.52. The number of nitrogens with zero attached hydrogens (tertiary/aromatic N) is 2. The molecule has 2 rings (SSSR count). The molecule has 1 fully saturated rings. The molecule has 1 aromatic heterocycles. The number of nitrogens with one attached hydrogen (secondary N) is 1. The van der Waals surface area contributed by atoms with E-state index in [1.807, 2.05) is 13.8 Å². The second-order valence-corrected chi connectivity index (χ2v) is 4.46. The van der Waals surface area contributed by atoms with Crippen molar-refractivity contribution in [2.75, 3.05) is 5.73 Å². The lowest BCUT2D eigenvalue weighted by molar-refractivity contribution is 0.0939. The molecule has 16 heavy (non-hydrogen) atoms. The highest BCUT2D eigenvalue weighted by molar-refractivity contribution is 5.98. The predicted molar refractivity (Wildman–Crippen MR) is 62.1 cm³/mol. The van der Waals surface area contributed by atoms with Gasteiger partial charge in [0.05, 0.1) is 11.4 Å². The summed E-state index contributed by atoms with van der Waals surface area (Å²) in [6, 6.07) is 0.312. The Bertz CT molecular complexity index is 424. The van der Waals surface area contributed by atoms with Crippen molar-refractivity contribution in [1.82, 2.24) is 15.1 Å². The number of rotatable bonds is 3. The zero-order chi connectivity index (χ0) is 11.9. The minimum atomic E-state index is -0.102. The van der Waals surface area contributed by atoms with E-state index in [0.717, 1.165) is 12.1 Å². The molecule has 0 bridgehead atoms. The molecule has 3 N–H and O–H groups in total. The van der Waals surface area contributed by atoms with Crippen LogP contribution in [0, 0.1) is 12.8 Å². The molecule has 2 atom stereocenters. The maximum Gasteiger partial charge on any atom is 0.271 e. The molecule has 5 heteroatoms. The van der Waals surface area contributed by atoms with Crippen LogP contribution in [0.2, 0.25) is 0 Å². The summed E-state index contributed by atoms with van der Waals surface area (Å²) < 4.78 is 1.66. The van der Waals surface area contributed by atoms with Crippen LogP contribution in [0.1, 0.15) is 36.5 Å². The number of amides is 1. The molecule has 1 aliphatic carbocycles. The van der Waals surface area contributed by atoms with Crippen molar-refractivity contribution in [3.05, 3.63) is 11.4 Å². The molecular formula is C11H18N4O. The van der Waals surface area contributed by atoms with Crippen LogP contribution in [-0.4, -0.2) is 21.7 Å². The topological polar surface area (TPSA) is 72.9 Å². The van der Waals surface area contributed by atoms with Crippen molar-refractivity contribution in [3.8, 4) is 0 Å². The summed E-state index contributed by atoms with van der Waals surface area (Å²) >= 11 is 0. The maximum atomic E-state index is 12.0. The number of hydrogen-bond acceptors (Lipinski definition) is 3. The smallest absolute Gasteiger partial charge is 0.271 e. The average molecular weight is 222 g/mol. The molecule has 2 unspecified atom stereocenters. The Morgan fingerprint density at radius 1 is 1.69 bits per heavy atom. The highest BCUT2D eigenvalue weighted by Crippen LogP contribution is 2.29. The van der Waals surface area contributed by atoms with Crippen molar-refractivity contribution >= 4 is 11.6 Å². The second-order valence-electron chi connectivity index (χ2n) is 4.46. The van der Waals surface area contributed by atoms with Crippen molar-refractivity contribution in [3.63, 3.8) is 0 Å². The van der Waals surface area contributed by atoms with Crippen LogP contribution in [0.3, 0.4) is 0 Å². The fourth-order valence-corrected chi connectivity index (χ4v) is 1.82. The third-order valence-electron chi connectivity index (χ3n) is 3.11. The maximum absolute atomic E-state index is 12.0. The normalized spacial score (nSPS) is 23.2. The number of nitrogen functional groups attached to an aromatic ring is 1. The number of aryl methyl sites for hydroxylation is 2. The Morgan fingerprint density at radius 3 is 2.81 bits per heavy atom. The van der Waals surface area contributed by atoms with E-state index in [2.05, 4.69) is 17.3 Å². The summed E-state index contributed by atoms with van der Waals surface area (Å²) in [5, 5.41) is 7.20. The van der Waals surface area contributed by atoms with Gasteiger partial charge in [0.1, 0.15) is 5.69 Å². The third kappa shape index (κ3) is 1.77. The fraction of sp³-hybridized carbons (Fsp3) is 0.636. The first kappa shape index (κ1) is 11.0. The van der Waals surface area contributed by atoms with Gasteiger partial charge in [-0.05, 0) is 26.2 Å². The van der Waals surface area contributed by atoms with Gasteiger partial charge >= 0.3 is 0 Å². The van der Waals surface area contributed by atoms with E-state index in [4.69, 9.17) is 5.73 Å². The molecule has 1 amide bonds. The van der Waals surface area contributed by atoms with Crippen molar-refractivity contribution in [2.45, 2.75) is 39.8 Å². The standard InChI is InChI=1S/C11H18N4O/c1-4-15-10(9(12)7(3)14-15)11(16)13-8-5-6(8)2/h6,8H,4-5,12H2,1-3H3,(H,13,16). The first-order valence-electron chi connectivity index (χ1n) is 5.68. The van der Waals surface area contributed by atoms with Gasteiger partial charge in [0.15, 0.2) is 0 Å². The van der Waals surface area contributed by atoms with Gasteiger partial charge in [-0.15, -0.1) is 0 Å². The van der Waals surface area contributed by atoms with Gasteiger partial charge in [-0.3, -0.25) is 9.48 Å². The minimum absolute atomic E-state index is 0.102. The number of aromatic nitrogens is 2. The van der Waals surface area contributed by atoms with E-state index in [0.29, 0.717) is 29.9 Å². The van der Waals surface area contributed by atoms with E-state index >= 15 is 0 Å². The van der Waals surface area contributed by atoms with Gasteiger partial charge in [-0.25, -0.2) is 0 Å². The van der Waals surface area contributed by atoms with Crippen LogP contribution in [0.25, 0.3) is 0 Å². The molecule has 0 radical (unpaired) electrons. The van der Waals surface area contributed by atoms with E-state index in [1.165, 1.54) is 0 Å². The number of carbonyl (C=O) groups is 1. The van der Waals surface area contributed by atoms with Crippen LogP contribution in [0.15, 0.2) is 0 Å². The van der Waals surface area contributed by atoms with Crippen LogP contribution in [0.5, 0.6) is 0 Å². The summed E-state index contributed by atoms with van der Waals surface area (Å²) in [4.78, 5) is 12.0. The van der Waals surface area contributed by atoms with Crippen LogP contribution < -0.4 is 11.1 Å². The molecule has 1 aliphatic rings. The summed E-state index contributed by atoms with van der Waals surface area (Å²) in [7, 11) is 0. The van der Waals surface area contributed by atoms with E-state index in [9.17, 15) is 4.79 Å². The molecule has 1 heterocycles.